The van der Waals surface area contributed by atoms with Gasteiger partial charge < -0.3 is 15.3 Å². The van der Waals surface area contributed by atoms with Crippen molar-refractivity contribution in [2.45, 2.75) is 18.9 Å². The van der Waals surface area contributed by atoms with E-state index >= 15 is 0 Å². The molecule has 0 fully saturated rings. The van der Waals surface area contributed by atoms with E-state index in [-0.39, 0.29) is 36.6 Å². The topological polar surface area (TPSA) is 63.9 Å². The normalized spacial score (nSPS) is 12.0. The van der Waals surface area contributed by atoms with Crippen LogP contribution in [0.15, 0.2) is 48.5 Å². The van der Waals surface area contributed by atoms with Crippen LogP contribution in [-0.2, 0) is 6.42 Å². The third-order valence-electron chi connectivity index (χ3n) is 3.90. The first-order valence-corrected chi connectivity index (χ1v) is 7.48. The molecule has 1 atom stereocenters. The van der Waals surface area contributed by atoms with Gasteiger partial charge in [0.05, 0.1) is 12.6 Å². The van der Waals surface area contributed by atoms with Gasteiger partial charge in [0.2, 0.25) is 0 Å². The second-order valence-corrected chi connectivity index (χ2v) is 5.54. The number of aliphatic hydroxyl groups is 1. The second kappa shape index (κ2) is 9.40. The highest BCUT2D eigenvalue weighted by molar-refractivity contribution is 5.85. The minimum absolute atomic E-state index is 0. The highest BCUT2D eigenvalue weighted by atomic mass is 35.5. The van der Waals surface area contributed by atoms with Gasteiger partial charge in [-0.05, 0) is 61.8 Å². The highest BCUT2D eigenvalue weighted by Crippen LogP contribution is 2.21. The molecule has 0 aromatic heterocycles. The highest BCUT2D eigenvalue weighted by Gasteiger charge is 2.15. The molecule has 23 heavy (non-hydrogen) atoms. The first-order valence-electron chi connectivity index (χ1n) is 7.48. The molecule has 0 heterocycles. The summed E-state index contributed by atoms with van der Waals surface area (Å²) >= 11 is 0. The number of halogens is 1. The number of hydrogen-bond acceptors (Lipinski definition) is 4. The maximum Gasteiger partial charge on any atom is 0.115 e. The van der Waals surface area contributed by atoms with Crippen molar-refractivity contribution in [2.24, 2.45) is 0 Å². The molecular weight excluding hydrogens is 314 g/mol. The van der Waals surface area contributed by atoms with E-state index in [2.05, 4.69) is 4.90 Å². The Bertz CT molecular complexity index is 572. The summed E-state index contributed by atoms with van der Waals surface area (Å²) in [6.45, 7) is 0.896. The second-order valence-electron chi connectivity index (χ2n) is 5.54. The Morgan fingerprint density at radius 2 is 1.43 bits per heavy atom. The molecule has 2 rings (SSSR count). The molecular formula is C18H24ClNO3. The number of phenolic OH excluding ortho intramolecular Hbond substituents is 2. The Morgan fingerprint density at radius 1 is 0.913 bits per heavy atom. The van der Waals surface area contributed by atoms with Crippen LogP contribution in [-0.4, -0.2) is 40.4 Å². The first-order chi connectivity index (χ1) is 10.6. The van der Waals surface area contributed by atoms with E-state index in [0.717, 1.165) is 24.9 Å². The molecule has 0 aliphatic heterocycles. The Morgan fingerprint density at radius 3 is 1.96 bits per heavy atom. The lowest BCUT2D eigenvalue weighted by molar-refractivity contribution is 0.147. The van der Waals surface area contributed by atoms with Gasteiger partial charge in [0.25, 0.3) is 0 Å². The molecule has 2 aromatic rings. The van der Waals surface area contributed by atoms with Gasteiger partial charge in [0.15, 0.2) is 0 Å². The van der Waals surface area contributed by atoms with E-state index in [0.29, 0.717) is 0 Å². The SMILES string of the molecule is CN(CCCc1ccc(O)cc1)[C@@H](CO)c1ccc(O)cc1.Cl. The maximum atomic E-state index is 9.63. The number of aryl methyl sites for hydroxylation is 1. The minimum atomic E-state index is -0.0691. The fraction of sp³-hybridized carbons (Fsp3) is 0.333. The fourth-order valence-corrected chi connectivity index (χ4v) is 2.55. The zero-order valence-electron chi connectivity index (χ0n) is 13.2. The number of nitrogens with zero attached hydrogens (tertiary/aromatic N) is 1. The Kier molecular flexibility index (Phi) is 7.89. The van der Waals surface area contributed by atoms with Gasteiger partial charge in [-0.25, -0.2) is 0 Å². The standard InChI is InChI=1S/C18H23NO3.ClH/c1-19(12-2-3-14-4-8-16(21)9-5-14)18(13-20)15-6-10-17(22)11-7-15;/h4-11,18,20-22H,2-3,12-13H2,1H3;1H/t18-;/m0./s1. The zero-order valence-corrected chi connectivity index (χ0v) is 14.0. The third-order valence-corrected chi connectivity index (χ3v) is 3.90. The summed E-state index contributed by atoms with van der Waals surface area (Å²) in [5.41, 5.74) is 2.18. The predicted octanol–water partition coefficient (Wildman–Crippen LogP) is 3.12. The molecule has 0 amide bonds. The average molecular weight is 338 g/mol. The number of rotatable bonds is 7. The van der Waals surface area contributed by atoms with Crippen molar-refractivity contribution in [1.82, 2.24) is 4.90 Å². The van der Waals surface area contributed by atoms with Gasteiger partial charge in [-0.15, -0.1) is 12.4 Å². The fourth-order valence-electron chi connectivity index (χ4n) is 2.55. The predicted molar refractivity (Wildman–Crippen MR) is 94.2 cm³/mol. The van der Waals surface area contributed by atoms with Crippen molar-refractivity contribution in [3.05, 3.63) is 59.7 Å². The summed E-state index contributed by atoms with van der Waals surface area (Å²) in [4.78, 5) is 2.12. The van der Waals surface area contributed by atoms with Crippen molar-refractivity contribution in [1.29, 1.82) is 0 Å². The lowest BCUT2D eigenvalue weighted by atomic mass is 10.0. The largest absolute Gasteiger partial charge is 0.508 e. The number of benzene rings is 2. The molecule has 0 unspecified atom stereocenters. The van der Waals surface area contributed by atoms with E-state index in [9.17, 15) is 15.3 Å². The smallest absolute Gasteiger partial charge is 0.115 e. The van der Waals surface area contributed by atoms with Crippen molar-refractivity contribution in [3.8, 4) is 11.5 Å². The van der Waals surface area contributed by atoms with Crippen LogP contribution in [0.1, 0.15) is 23.6 Å². The molecule has 0 aliphatic carbocycles. The van der Waals surface area contributed by atoms with Crippen LogP contribution in [0.3, 0.4) is 0 Å². The number of likely N-dealkylation sites (N-methyl/N-ethyl adjacent to an activating group) is 1. The molecule has 2 aromatic carbocycles. The molecule has 3 N–H and O–H groups in total. The van der Waals surface area contributed by atoms with Gasteiger partial charge in [-0.1, -0.05) is 24.3 Å². The quantitative estimate of drug-likeness (QED) is 0.726. The molecule has 4 nitrogen and oxygen atoms in total. The van der Waals surface area contributed by atoms with Crippen LogP contribution in [0.4, 0.5) is 0 Å². The van der Waals surface area contributed by atoms with Gasteiger partial charge in [-0.2, -0.15) is 0 Å². The molecule has 5 heteroatoms. The lowest BCUT2D eigenvalue weighted by Gasteiger charge is -2.27. The van der Waals surface area contributed by atoms with Gasteiger partial charge in [0, 0.05) is 0 Å². The van der Waals surface area contributed by atoms with Gasteiger partial charge >= 0.3 is 0 Å². The van der Waals surface area contributed by atoms with Crippen LogP contribution in [0.2, 0.25) is 0 Å². The Labute approximate surface area is 143 Å². The minimum Gasteiger partial charge on any atom is -0.508 e. The van der Waals surface area contributed by atoms with E-state index in [1.807, 2.05) is 31.3 Å². The number of hydrogen-bond donors (Lipinski definition) is 3. The van der Waals surface area contributed by atoms with E-state index in [1.54, 1.807) is 24.3 Å². The summed E-state index contributed by atoms with van der Waals surface area (Å²) in [5, 5.41) is 28.2. The van der Waals surface area contributed by atoms with E-state index in [4.69, 9.17) is 0 Å². The van der Waals surface area contributed by atoms with Crippen molar-refractivity contribution in [3.63, 3.8) is 0 Å². The molecule has 0 bridgehead atoms. The summed E-state index contributed by atoms with van der Waals surface area (Å²) in [6.07, 6.45) is 1.90. The third kappa shape index (κ3) is 5.75. The summed E-state index contributed by atoms with van der Waals surface area (Å²) in [6, 6.07) is 14.2. The summed E-state index contributed by atoms with van der Waals surface area (Å²) in [5.74, 6) is 0.518. The molecule has 0 spiro atoms. The molecule has 0 radical (unpaired) electrons. The number of phenols is 2. The number of aliphatic hydroxyl groups excluding tert-OH is 1. The van der Waals surface area contributed by atoms with Gasteiger partial charge in [0.1, 0.15) is 11.5 Å². The monoisotopic (exact) mass is 337 g/mol. The number of aromatic hydroxyl groups is 2. The molecule has 0 aliphatic rings. The Balaban J connectivity index is 0.00000264. The summed E-state index contributed by atoms with van der Waals surface area (Å²) < 4.78 is 0. The van der Waals surface area contributed by atoms with E-state index in [1.165, 1.54) is 5.56 Å². The molecule has 0 saturated carbocycles. The van der Waals surface area contributed by atoms with Crippen molar-refractivity contribution < 1.29 is 15.3 Å². The van der Waals surface area contributed by atoms with Crippen LogP contribution >= 0.6 is 12.4 Å². The zero-order chi connectivity index (χ0) is 15.9. The van der Waals surface area contributed by atoms with Crippen LogP contribution < -0.4 is 0 Å². The maximum absolute atomic E-state index is 9.63. The van der Waals surface area contributed by atoms with E-state index < -0.39 is 0 Å². The first kappa shape index (κ1) is 19.3. The van der Waals surface area contributed by atoms with Crippen molar-refractivity contribution >= 4 is 12.4 Å². The van der Waals surface area contributed by atoms with Gasteiger partial charge in [-0.3, -0.25) is 4.90 Å². The lowest BCUT2D eigenvalue weighted by Crippen LogP contribution is -2.28. The molecule has 0 saturated heterocycles. The molecule has 126 valence electrons. The van der Waals surface area contributed by atoms with Crippen LogP contribution in [0, 0.1) is 0 Å². The van der Waals surface area contributed by atoms with Crippen molar-refractivity contribution in [2.75, 3.05) is 20.2 Å². The Hall–Kier alpha value is -1.75. The average Bonchev–Trinajstić information content (AvgIpc) is 2.52. The van der Waals surface area contributed by atoms with Crippen LogP contribution in [0.25, 0.3) is 0 Å². The summed E-state index contributed by atoms with van der Waals surface area (Å²) in [7, 11) is 1.99. The van der Waals surface area contributed by atoms with Crippen LogP contribution in [0.5, 0.6) is 11.5 Å².